The third kappa shape index (κ3) is 4.45. The van der Waals surface area contributed by atoms with Crippen LogP contribution in [0.5, 0.6) is 0 Å². The molecule has 0 fully saturated rings. The van der Waals surface area contributed by atoms with Gasteiger partial charge in [0.1, 0.15) is 5.82 Å². The van der Waals surface area contributed by atoms with Crippen LogP contribution in [0.4, 0.5) is 4.39 Å². The van der Waals surface area contributed by atoms with Crippen LogP contribution in [0.25, 0.3) is 0 Å². The third-order valence-electron chi connectivity index (χ3n) is 2.93. The van der Waals surface area contributed by atoms with E-state index in [1.807, 2.05) is 24.8 Å². The van der Waals surface area contributed by atoms with Crippen molar-refractivity contribution in [2.24, 2.45) is 5.92 Å². The van der Waals surface area contributed by atoms with E-state index in [2.05, 4.69) is 0 Å². The molecule has 0 spiro atoms. The molecular weight excluding hydrogens is 233 g/mol. The number of hydrogen-bond acceptors (Lipinski definition) is 2. The average Bonchev–Trinajstić information content (AvgIpc) is 2.27. The predicted octanol–water partition coefficient (Wildman–Crippen LogP) is 2.76. The van der Waals surface area contributed by atoms with Crippen LogP contribution in [0.3, 0.4) is 0 Å². The number of rotatable bonds is 6. The van der Waals surface area contributed by atoms with Crippen LogP contribution < -0.4 is 0 Å². The van der Waals surface area contributed by atoms with E-state index in [1.54, 1.807) is 13.0 Å². The van der Waals surface area contributed by atoms with Crippen molar-refractivity contribution in [1.29, 1.82) is 0 Å². The maximum Gasteiger partial charge on any atom is 0.307 e. The minimum Gasteiger partial charge on any atom is -0.481 e. The summed E-state index contributed by atoms with van der Waals surface area (Å²) in [5.74, 6) is -1.50. The van der Waals surface area contributed by atoms with Gasteiger partial charge in [-0.15, -0.1) is 0 Å². The van der Waals surface area contributed by atoms with E-state index in [1.165, 1.54) is 12.1 Å². The van der Waals surface area contributed by atoms with Gasteiger partial charge in [0, 0.05) is 19.1 Å². The molecule has 3 nitrogen and oxygen atoms in total. The summed E-state index contributed by atoms with van der Waals surface area (Å²) in [6.45, 7) is 6.72. The van der Waals surface area contributed by atoms with Crippen LogP contribution in [0, 0.1) is 11.7 Å². The largest absolute Gasteiger partial charge is 0.481 e. The summed E-state index contributed by atoms with van der Waals surface area (Å²) < 4.78 is 13.1. The molecule has 0 heterocycles. The quantitative estimate of drug-likeness (QED) is 0.847. The van der Waals surface area contributed by atoms with E-state index in [4.69, 9.17) is 5.11 Å². The number of carboxylic acid groups (broad SMARTS) is 1. The van der Waals surface area contributed by atoms with Crippen molar-refractivity contribution < 1.29 is 14.3 Å². The molecule has 1 aromatic rings. The minimum atomic E-state index is -0.806. The SMILES string of the molecule is CC(CN(Cc1cccc(F)c1)C(C)C)C(=O)O. The molecule has 18 heavy (non-hydrogen) atoms. The highest BCUT2D eigenvalue weighted by atomic mass is 19.1. The van der Waals surface area contributed by atoms with Crippen molar-refractivity contribution in [3.8, 4) is 0 Å². The molecule has 1 atom stereocenters. The Kier molecular flexibility index (Phi) is 5.28. The minimum absolute atomic E-state index is 0.218. The van der Waals surface area contributed by atoms with Crippen molar-refractivity contribution >= 4 is 5.97 Å². The Morgan fingerprint density at radius 1 is 1.39 bits per heavy atom. The van der Waals surface area contributed by atoms with Gasteiger partial charge in [-0.05, 0) is 31.5 Å². The lowest BCUT2D eigenvalue weighted by Gasteiger charge is -2.28. The summed E-state index contributed by atoms with van der Waals surface area (Å²) in [5, 5.41) is 8.94. The van der Waals surface area contributed by atoms with Gasteiger partial charge in [0.25, 0.3) is 0 Å². The first-order valence-electron chi connectivity index (χ1n) is 6.11. The molecule has 0 aliphatic carbocycles. The summed E-state index contributed by atoms with van der Waals surface area (Å²) in [6.07, 6.45) is 0. The van der Waals surface area contributed by atoms with Crippen LogP contribution in [-0.2, 0) is 11.3 Å². The smallest absolute Gasteiger partial charge is 0.307 e. The zero-order valence-corrected chi connectivity index (χ0v) is 11.1. The van der Waals surface area contributed by atoms with Crippen molar-refractivity contribution in [1.82, 2.24) is 4.90 Å². The van der Waals surface area contributed by atoms with Gasteiger partial charge in [-0.1, -0.05) is 19.1 Å². The van der Waals surface area contributed by atoms with Crippen LogP contribution in [0.2, 0.25) is 0 Å². The Morgan fingerprint density at radius 3 is 2.56 bits per heavy atom. The second-order valence-corrected chi connectivity index (χ2v) is 4.89. The van der Waals surface area contributed by atoms with Crippen molar-refractivity contribution in [3.05, 3.63) is 35.6 Å². The summed E-state index contributed by atoms with van der Waals surface area (Å²) in [7, 11) is 0. The normalized spacial score (nSPS) is 13.0. The first kappa shape index (κ1) is 14.6. The fraction of sp³-hybridized carbons (Fsp3) is 0.500. The molecule has 0 saturated carbocycles. The summed E-state index contributed by atoms with van der Waals surface area (Å²) in [4.78, 5) is 12.9. The van der Waals surface area contributed by atoms with Crippen molar-refractivity contribution in [2.45, 2.75) is 33.4 Å². The monoisotopic (exact) mass is 253 g/mol. The number of aliphatic carboxylic acids is 1. The highest BCUT2D eigenvalue weighted by molar-refractivity contribution is 5.69. The van der Waals surface area contributed by atoms with Gasteiger partial charge >= 0.3 is 5.97 Å². The molecule has 0 aliphatic heterocycles. The Labute approximate surface area is 107 Å². The van der Waals surface area contributed by atoms with E-state index in [-0.39, 0.29) is 11.9 Å². The van der Waals surface area contributed by atoms with Crippen LogP contribution in [0.15, 0.2) is 24.3 Å². The molecule has 1 N–H and O–H groups in total. The summed E-state index contributed by atoms with van der Waals surface area (Å²) >= 11 is 0. The van der Waals surface area contributed by atoms with Gasteiger partial charge < -0.3 is 5.11 Å². The second-order valence-electron chi connectivity index (χ2n) is 4.89. The van der Waals surface area contributed by atoms with E-state index in [9.17, 15) is 9.18 Å². The number of carboxylic acids is 1. The van der Waals surface area contributed by atoms with Gasteiger partial charge in [-0.3, -0.25) is 9.69 Å². The second kappa shape index (κ2) is 6.50. The molecule has 0 amide bonds. The number of carbonyl (C=O) groups is 1. The standard InChI is InChI=1S/C14H20FNO2/c1-10(2)16(8-11(3)14(17)18)9-12-5-4-6-13(15)7-12/h4-7,10-11H,8-9H2,1-3H3,(H,17,18). The Morgan fingerprint density at radius 2 is 2.06 bits per heavy atom. The molecule has 0 aromatic heterocycles. The molecular formula is C14H20FNO2. The van der Waals surface area contributed by atoms with Crippen LogP contribution in [-0.4, -0.2) is 28.6 Å². The van der Waals surface area contributed by atoms with Crippen molar-refractivity contribution in [2.75, 3.05) is 6.54 Å². The van der Waals surface area contributed by atoms with E-state index in [0.29, 0.717) is 13.1 Å². The van der Waals surface area contributed by atoms with Gasteiger partial charge in [-0.25, -0.2) is 4.39 Å². The van der Waals surface area contributed by atoms with Crippen molar-refractivity contribution in [3.63, 3.8) is 0 Å². The van der Waals surface area contributed by atoms with E-state index < -0.39 is 11.9 Å². The fourth-order valence-electron chi connectivity index (χ4n) is 1.76. The van der Waals surface area contributed by atoms with E-state index in [0.717, 1.165) is 5.56 Å². The average molecular weight is 253 g/mol. The first-order chi connectivity index (χ1) is 8.40. The number of halogens is 1. The number of nitrogens with zero attached hydrogens (tertiary/aromatic N) is 1. The maximum atomic E-state index is 13.1. The maximum absolute atomic E-state index is 13.1. The van der Waals surface area contributed by atoms with Gasteiger partial charge in [0.15, 0.2) is 0 Å². The lowest BCUT2D eigenvalue weighted by molar-refractivity contribution is -0.141. The lowest BCUT2D eigenvalue weighted by Crippen LogP contribution is -2.36. The first-order valence-corrected chi connectivity index (χ1v) is 6.11. The molecule has 0 saturated heterocycles. The zero-order chi connectivity index (χ0) is 13.7. The number of hydrogen-bond donors (Lipinski definition) is 1. The molecule has 1 aromatic carbocycles. The topological polar surface area (TPSA) is 40.5 Å². The molecule has 100 valence electrons. The van der Waals surface area contributed by atoms with E-state index >= 15 is 0 Å². The predicted molar refractivity (Wildman–Crippen MR) is 68.7 cm³/mol. The lowest BCUT2D eigenvalue weighted by atomic mass is 10.1. The number of benzene rings is 1. The van der Waals surface area contributed by atoms with Gasteiger partial charge in [0.05, 0.1) is 5.92 Å². The third-order valence-corrected chi connectivity index (χ3v) is 2.93. The Hall–Kier alpha value is -1.42. The van der Waals surface area contributed by atoms with Gasteiger partial charge in [-0.2, -0.15) is 0 Å². The molecule has 0 aliphatic rings. The van der Waals surface area contributed by atoms with Crippen LogP contribution in [0.1, 0.15) is 26.3 Å². The molecule has 0 radical (unpaired) electrons. The molecule has 4 heteroatoms. The highest BCUT2D eigenvalue weighted by Crippen LogP contribution is 2.12. The molecule has 1 rings (SSSR count). The Bertz CT molecular complexity index is 407. The summed E-state index contributed by atoms with van der Waals surface area (Å²) in [5.41, 5.74) is 0.862. The summed E-state index contributed by atoms with van der Waals surface area (Å²) in [6, 6.07) is 6.63. The highest BCUT2D eigenvalue weighted by Gasteiger charge is 2.18. The fourth-order valence-corrected chi connectivity index (χ4v) is 1.76. The van der Waals surface area contributed by atoms with Gasteiger partial charge in [0.2, 0.25) is 0 Å². The Balaban J connectivity index is 2.72. The molecule has 1 unspecified atom stereocenters. The van der Waals surface area contributed by atoms with Crippen LogP contribution >= 0.6 is 0 Å². The molecule has 0 bridgehead atoms. The zero-order valence-electron chi connectivity index (χ0n) is 11.1.